The molecular formula is C106H88BrN3O6. The third kappa shape index (κ3) is 25.4. The Balaban J connectivity index is 0.000000144. The van der Waals surface area contributed by atoms with Gasteiger partial charge in [0.15, 0.2) is 0 Å². The van der Waals surface area contributed by atoms with Gasteiger partial charge < -0.3 is 15.9 Å². The summed E-state index contributed by atoms with van der Waals surface area (Å²) in [4.78, 5) is 48.3. The van der Waals surface area contributed by atoms with Crippen LogP contribution in [0.3, 0.4) is 0 Å². The van der Waals surface area contributed by atoms with Gasteiger partial charge >= 0.3 is 0 Å². The maximum Gasteiger partial charge on any atom is 0.261 e. The molecule has 16 rings (SSSR count). The predicted octanol–water partition coefficient (Wildman–Crippen LogP) is 21.1. The second-order valence-corrected chi connectivity index (χ2v) is 28.2. The van der Waals surface area contributed by atoms with Crippen LogP contribution in [-0.4, -0.2) is 65.0 Å². The summed E-state index contributed by atoms with van der Waals surface area (Å²) in [6.45, 7) is 1.60. The fourth-order valence-corrected chi connectivity index (χ4v) is 13.3. The second-order valence-electron chi connectivity index (χ2n) is 27.3. The van der Waals surface area contributed by atoms with Gasteiger partial charge in [-0.2, -0.15) is 0 Å². The predicted molar refractivity (Wildman–Crippen MR) is 475 cm³/mol. The van der Waals surface area contributed by atoms with Crippen molar-refractivity contribution in [2.24, 2.45) is 5.73 Å². The lowest BCUT2D eigenvalue weighted by Gasteiger charge is -2.13. The molecule has 0 saturated heterocycles. The van der Waals surface area contributed by atoms with Gasteiger partial charge in [0.2, 0.25) is 0 Å². The molecule has 0 atom stereocenters. The van der Waals surface area contributed by atoms with E-state index < -0.39 is 0 Å². The number of rotatable bonds is 16. The Morgan fingerprint density at radius 1 is 0.310 bits per heavy atom. The first kappa shape index (κ1) is 83.2. The number of nitrogens with one attached hydrogen (secondary N) is 1. The van der Waals surface area contributed by atoms with E-state index in [1.807, 2.05) is 115 Å². The van der Waals surface area contributed by atoms with Crippen LogP contribution in [0, 0.1) is 47.9 Å². The number of aliphatic hydroxyl groups is 2. The molecule has 14 aromatic rings. The van der Waals surface area contributed by atoms with Gasteiger partial charge in [0.25, 0.3) is 23.6 Å². The molecule has 0 bridgehead atoms. The molecule has 14 aromatic carbocycles. The monoisotopic (exact) mass is 1580 g/mol. The van der Waals surface area contributed by atoms with Crippen molar-refractivity contribution in [1.29, 1.82) is 0 Å². The Labute approximate surface area is 689 Å². The highest BCUT2D eigenvalue weighted by atomic mass is 79.9. The molecule has 0 saturated carbocycles. The van der Waals surface area contributed by atoms with E-state index >= 15 is 0 Å². The van der Waals surface area contributed by atoms with Gasteiger partial charge in [-0.25, -0.2) is 0 Å². The Kier molecular flexibility index (Phi) is 31.9. The van der Waals surface area contributed by atoms with Crippen molar-refractivity contribution < 1.29 is 29.4 Å². The van der Waals surface area contributed by atoms with Crippen molar-refractivity contribution in [1.82, 2.24) is 10.2 Å². The van der Waals surface area contributed by atoms with E-state index in [1.165, 1.54) is 60.2 Å². The van der Waals surface area contributed by atoms with E-state index in [9.17, 15) is 19.2 Å². The Morgan fingerprint density at radius 2 is 0.638 bits per heavy atom. The fourth-order valence-electron chi connectivity index (χ4n) is 12.9. The zero-order chi connectivity index (χ0) is 80.9. The number of carbonyl (C=O) groups excluding carboxylic acids is 4. The molecule has 0 fully saturated rings. The standard InChI is InChI=1S/C31H23NO2.C23H21N.C21H18O.C12H9Br.C11H12O.C8H5NO2/c33-30-28-16-4-5-17-29(28)31(34)32(30)20-8-12-23-9-6-10-24(21-23)18-19-25-11-7-15-27(22-25)26-13-2-1-3-14-26;24-16-6-10-19-7-4-8-20(17-19)14-15-21-9-5-13-23(18-21)22-11-2-1-3-12-22;22-14-4-7-17-5-3-6-18(15-17)10-11-19-12-13-20-8-1-2-9-21(20)16-19;13-12-8-4-7-11(9-12)10-5-2-1-3-6-10;1-2-10-5-3-6-11(9-10)7-4-8-12;10-7-5-3-1-2-4-6(5)8(11)9-7/h1-7,9-11,13-17,21-22H,8,12,20H2;1-5,7-9,11-13,17-18H,6,10,16,24H2;1-3,5-6,8-9,12-13,15-16,22H,4,7,14H2;1-9H;1,3,5-6,9,12H,4,7-8H2;1-4H,(H,9,10,11). The van der Waals surface area contributed by atoms with Crippen molar-refractivity contribution >= 4 is 50.3 Å². The maximum absolute atomic E-state index is 12.5. The number of aryl methyl sites for hydroxylation is 4. The molecule has 0 radical (unpaired) electrons. The summed E-state index contributed by atoms with van der Waals surface area (Å²) >= 11 is 3.46. The fraction of sp³-hybridized carbons (Fsp3) is 0.113. The SMILES string of the molecule is Brc1cccc(-c2ccccc2)c1.C#Cc1cccc(CCCO)c1.NCCCc1cccc(C#Cc2cccc(-c3ccccc3)c2)c1.O=C1NC(=O)c2ccccc21.O=C1c2ccccc2C(=O)N1CCCc1cccc(C#Cc2cccc(-c3ccccc3)c2)c1.OCCCc1cccc(C#Cc2ccc3ccccc3c2)c1. The number of nitrogens with two attached hydrogens (primary N) is 1. The minimum atomic E-state index is -0.300. The number of amides is 4. The third-order valence-corrected chi connectivity index (χ3v) is 19.3. The number of benzene rings is 14. The first-order valence-corrected chi connectivity index (χ1v) is 39.5. The van der Waals surface area contributed by atoms with Crippen LogP contribution in [0.5, 0.6) is 0 Å². The molecule has 2 aliphatic rings. The Morgan fingerprint density at radius 3 is 1.05 bits per heavy atom. The van der Waals surface area contributed by atoms with E-state index in [-0.39, 0.29) is 36.8 Å². The number of fused-ring (bicyclic) bond motifs is 3. The highest BCUT2D eigenvalue weighted by Gasteiger charge is 2.34. The lowest BCUT2D eigenvalue weighted by molar-refractivity contribution is 0.0651. The van der Waals surface area contributed by atoms with Crippen LogP contribution in [0.4, 0.5) is 0 Å². The average molecular weight is 1580 g/mol. The van der Waals surface area contributed by atoms with E-state index in [2.05, 4.69) is 251 Å². The Hall–Kier alpha value is -13.8. The molecule has 0 spiro atoms. The molecule has 4 amide bonds. The largest absolute Gasteiger partial charge is 0.396 e. The first-order valence-electron chi connectivity index (χ1n) is 38.7. The van der Waals surface area contributed by atoms with Crippen LogP contribution in [-0.2, 0) is 25.7 Å². The summed E-state index contributed by atoms with van der Waals surface area (Å²) in [6.07, 6.45) is 12.1. The molecule has 0 unspecified atom stereocenters. The highest BCUT2D eigenvalue weighted by molar-refractivity contribution is 9.10. The second kappa shape index (κ2) is 44.5. The molecule has 9 nitrogen and oxygen atoms in total. The minimum absolute atomic E-state index is 0.196. The number of hydrogen-bond donors (Lipinski definition) is 4. The first-order chi connectivity index (χ1) is 56.9. The van der Waals surface area contributed by atoms with Crippen LogP contribution in [0.2, 0.25) is 0 Å². The molecule has 2 heterocycles. The van der Waals surface area contributed by atoms with Crippen molar-refractivity contribution in [3.05, 3.63) is 440 Å². The van der Waals surface area contributed by atoms with E-state index in [1.54, 1.807) is 48.5 Å². The quantitative estimate of drug-likeness (QED) is 0.0556. The van der Waals surface area contributed by atoms with Gasteiger partial charge in [0.05, 0.1) is 22.3 Å². The molecule has 2 aliphatic heterocycles. The summed E-state index contributed by atoms with van der Waals surface area (Å²) in [6, 6.07) is 117. The zero-order valence-electron chi connectivity index (χ0n) is 64.5. The lowest BCUT2D eigenvalue weighted by atomic mass is 10.0. The molecule has 116 heavy (non-hydrogen) atoms. The van der Waals surface area contributed by atoms with Crippen LogP contribution < -0.4 is 11.1 Å². The molecular weight excluding hydrogens is 1490 g/mol. The molecule has 0 aliphatic carbocycles. The van der Waals surface area contributed by atoms with Gasteiger partial charge in [-0.1, -0.05) is 288 Å². The number of nitrogens with zero attached hydrogens (tertiary/aromatic N) is 1. The number of hydrogen-bond acceptors (Lipinski definition) is 7. The smallest absolute Gasteiger partial charge is 0.261 e. The molecule has 0 aromatic heterocycles. The number of carbonyl (C=O) groups is 4. The van der Waals surface area contributed by atoms with E-state index in [0.29, 0.717) is 35.2 Å². The Bertz CT molecular complexity index is 5850. The van der Waals surface area contributed by atoms with Crippen LogP contribution in [0.25, 0.3) is 44.2 Å². The highest BCUT2D eigenvalue weighted by Crippen LogP contribution is 2.27. The summed E-state index contributed by atoms with van der Waals surface area (Å²) in [5.74, 6) is 21.2. The van der Waals surface area contributed by atoms with Crippen LogP contribution >= 0.6 is 15.9 Å². The minimum Gasteiger partial charge on any atom is -0.396 e. The molecule has 5 N–H and O–H groups in total. The number of aliphatic hydroxyl groups excluding tert-OH is 2. The zero-order valence-corrected chi connectivity index (χ0v) is 66.1. The van der Waals surface area contributed by atoms with Gasteiger partial charge in [-0.05, 0) is 246 Å². The summed E-state index contributed by atoms with van der Waals surface area (Å²) < 4.78 is 1.12. The van der Waals surface area contributed by atoms with E-state index in [4.69, 9.17) is 22.4 Å². The van der Waals surface area contributed by atoms with Crippen molar-refractivity contribution in [3.63, 3.8) is 0 Å². The van der Waals surface area contributed by atoms with Gasteiger partial charge in [0.1, 0.15) is 0 Å². The van der Waals surface area contributed by atoms with Crippen LogP contribution in [0.15, 0.2) is 356 Å². The third-order valence-electron chi connectivity index (χ3n) is 18.8. The summed E-state index contributed by atoms with van der Waals surface area (Å²) in [7, 11) is 0. The number of halogens is 1. The van der Waals surface area contributed by atoms with E-state index in [0.717, 1.165) is 106 Å². The van der Waals surface area contributed by atoms with Crippen LogP contribution in [0.1, 0.15) is 128 Å². The van der Waals surface area contributed by atoms with Crippen molar-refractivity contribution in [3.8, 4) is 81.2 Å². The normalized spacial score (nSPS) is 11.1. The van der Waals surface area contributed by atoms with Gasteiger partial charge in [0, 0.05) is 63.2 Å². The summed E-state index contributed by atoms with van der Waals surface area (Å²) in [5.41, 5.74) is 26.6. The molecule has 570 valence electrons. The number of imide groups is 2. The summed E-state index contributed by atoms with van der Waals surface area (Å²) in [5, 5.41) is 22.2. The van der Waals surface area contributed by atoms with Gasteiger partial charge in [-0.3, -0.25) is 29.4 Å². The van der Waals surface area contributed by atoms with Crippen molar-refractivity contribution in [2.75, 3.05) is 26.3 Å². The lowest BCUT2D eigenvalue weighted by Crippen LogP contribution is -2.30. The molecule has 10 heteroatoms. The number of terminal acetylenes is 1. The average Bonchev–Trinajstić information content (AvgIpc) is 1.63. The topological polar surface area (TPSA) is 150 Å². The maximum atomic E-state index is 12.5. The van der Waals surface area contributed by atoms with Crippen molar-refractivity contribution in [2.45, 2.75) is 51.4 Å². The van der Waals surface area contributed by atoms with Gasteiger partial charge in [-0.15, -0.1) is 6.42 Å².